The number of carbonyl (C=O) groups excluding carboxylic acids is 2. The van der Waals surface area contributed by atoms with Gasteiger partial charge in [0.2, 0.25) is 0 Å². The minimum Gasteiger partial charge on any atom is -0.366 e. The Labute approximate surface area is 170 Å². The Hall–Kier alpha value is -3.40. The third-order valence-corrected chi connectivity index (χ3v) is 5.80. The van der Waals surface area contributed by atoms with Crippen molar-refractivity contribution in [3.8, 4) is 0 Å². The largest absolute Gasteiger partial charge is 0.366 e. The van der Waals surface area contributed by atoms with Crippen molar-refractivity contribution in [3.63, 3.8) is 0 Å². The first kappa shape index (κ1) is 17.7. The summed E-state index contributed by atoms with van der Waals surface area (Å²) in [6, 6.07) is 23.2. The van der Waals surface area contributed by atoms with E-state index in [1.807, 2.05) is 72.8 Å². The molecule has 0 atom stereocenters. The molecule has 29 heavy (non-hydrogen) atoms. The molecule has 1 fully saturated rings. The van der Waals surface area contributed by atoms with Gasteiger partial charge in [0.15, 0.2) is 0 Å². The SMILES string of the molecule is O=C1C(c2ccccc2)=C(N2CCCCC2)C(=O)N1c1cccc2ccccc12. The van der Waals surface area contributed by atoms with Gasteiger partial charge in [0, 0.05) is 18.5 Å². The van der Waals surface area contributed by atoms with E-state index in [1.54, 1.807) is 0 Å². The highest BCUT2D eigenvalue weighted by atomic mass is 16.2. The Kier molecular flexibility index (Phi) is 4.39. The number of likely N-dealkylation sites (tertiary alicyclic amines) is 1. The van der Waals surface area contributed by atoms with Crippen molar-refractivity contribution < 1.29 is 9.59 Å². The van der Waals surface area contributed by atoms with Gasteiger partial charge in [-0.1, -0.05) is 66.7 Å². The first-order chi connectivity index (χ1) is 14.3. The first-order valence-electron chi connectivity index (χ1n) is 10.2. The number of piperidine rings is 1. The highest BCUT2D eigenvalue weighted by molar-refractivity contribution is 6.46. The number of nitrogens with zero attached hydrogens (tertiary/aromatic N) is 2. The molecule has 0 N–H and O–H groups in total. The van der Waals surface area contributed by atoms with Crippen LogP contribution in [0.3, 0.4) is 0 Å². The van der Waals surface area contributed by atoms with E-state index in [-0.39, 0.29) is 11.8 Å². The summed E-state index contributed by atoms with van der Waals surface area (Å²) in [4.78, 5) is 30.8. The molecule has 4 nitrogen and oxygen atoms in total. The number of imide groups is 1. The Bertz CT molecular complexity index is 1120. The van der Waals surface area contributed by atoms with Crippen LogP contribution in [0.4, 0.5) is 5.69 Å². The average Bonchev–Trinajstić information content (AvgIpc) is 3.04. The van der Waals surface area contributed by atoms with Gasteiger partial charge in [-0.2, -0.15) is 0 Å². The molecular formula is C25H22N2O2. The first-order valence-corrected chi connectivity index (χ1v) is 10.2. The number of carbonyl (C=O) groups is 2. The van der Waals surface area contributed by atoms with Crippen LogP contribution in [-0.4, -0.2) is 29.8 Å². The van der Waals surface area contributed by atoms with E-state index in [0.29, 0.717) is 17.0 Å². The zero-order valence-electron chi connectivity index (χ0n) is 16.2. The molecule has 2 aliphatic heterocycles. The molecule has 5 rings (SSSR count). The van der Waals surface area contributed by atoms with Crippen LogP contribution in [0.25, 0.3) is 16.3 Å². The lowest BCUT2D eigenvalue weighted by Crippen LogP contribution is -2.37. The number of hydrogen-bond donors (Lipinski definition) is 0. The standard InChI is InChI=1S/C25H22N2O2/c28-24-22(19-11-3-1-4-12-19)23(26-16-7-2-8-17-26)25(29)27(24)21-15-9-13-18-10-5-6-14-20(18)21/h1,3-6,9-15H,2,7-8,16-17H2. The van der Waals surface area contributed by atoms with E-state index in [2.05, 4.69) is 4.90 Å². The van der Waals surface area contributed by atoms with E-state index in [1.165, 1.54) is 11.3 Å². The Balaban J connectivity index is 1.67. The molecule has 2 aliphatic rings. The summed E-state index contributed by atoms with van der Waals surface area (Å²) in [5, 5.41) is 1.92. The van der Waals surface area contributed by atoms with E-state index in [0.717, 1.165) is 42.3 Å². The lowest BCUT2D eigenvalue weighted by atomic mass is 10.0. The average molecular weight is 382 g/mol. The number of fused-ring (bicyclic) bond motifs is 1. The Morgan fingerprint density at radius 2 is 1.34 bits per heavy atom. The molecule has 0 unspecified atom stereocenters. The second kappa shape index (κ2) is 7.21. The van der Waals surface area contributed by atoms with Gasteiger partial charge in [0.25, 0.3) is 11.8 Å². The van der Waals surface area contributed by atoms with Gasteiger partial charge in [-0.05, 0) is 36.3 Å². The fourth-order valence-electron chi connectivity index (χ4n) is 4.42. The summed E-state index contributed by atoms with van der Waals surface area (Å²) in [6.07, 6.45) is 3.25. The van der Waals surface area contributed by atoms with Crippen LogP contribution in [-0.2, 0) is 9.59 Å². The highest BCUT2D eigenvalue weighted by Crippen LogP contribution is 2.38. The Morgan fingerprint density at radius 3 is 2.14 bits per heavy atom. The molecule has 0 saturated carbocycles. The van der Waals surface area contributed by atoms with Crippen molar-refractivity contribution in [2.24, 2.45) is 0 Å². The smallest absolute Gasteiger partial charge is 0.282 e. The normalized spacial score (nSPS) is 17.5. The van der Waals surface area contributed by atoms with Crippen LogP contribution in [0.15, 0.2) is 78.5 Å². The van der Waals surface area contributed by atoms with Gasteiger partial charge in [-0.3, -0.25) is 9.59 Å². The number of anilines is 1. The minimum atomic E-state index is -0.238. The molecular weight excluding hydrogens is 360 g/mol. The summed E-state index contributed by atoms with van der Waals surface area (Å²) in [7, 11) is 0. The van der Waals surface area contributed by atoms with E-state index in [4.69, 9.17) is 0 Å². The zero-order chi connectivity index (χ0) is 19.8. The summed E-state index contributed by atoms with van der Waals surface area (Å²) in [5.41, 5.74) is 2.52. The van der Waals surface area contributed by atoms with Gasteiger partial charge in [-0.25, -0.2) is 4.90 Å². The minimum absolute atomic E-state index is 0.216. The predicted octanol–water partition coefficient (Wildman–Crippen LogP) is 4.61. The maximum Gasteiger partial charge on any atom is 0.282 e. The van der Waals surface area contributed by atoms with E-state index < -0.39 is 0 Å². The van der Waals surface area contributed by atoms with Crippen molar-refractivity contribution in [2.75, 3.05) is 18.0 Å². The van der Waals surface area contributed by atoms with Gasteiger partial charge in [0.1, 0.15) is 5.70 Å². The van der Waals surface area contributed by atoms with Crippen LogP contribution in [0, 0.1) is 0 Å². The van der Waals surface area contributed by atoms with Gasteiger partial charge in [-0.15, -0.1) is 0 Å². The lowest BCUT2D eigenvalue weighted by Gasteiger charge is -2.29. The third-order valence-electron chi connectivity index (χ3n) is 5.80. The fraction of sp³-hybridized carbons (Fsp3) is 0.200. The van der Waals surface area contributed by atoms with Crippen LogP contribution in [0.5, 0.6) is 0 Å². The second-order valence-electron chi connectivity index (χ2n) is 7.58. The molecule has 0 radical (unpaired) electrons. The fourth-order valence-corrected chi connectivity index (χ4v) is 4.42. The maximum absolute atomic E-state index is 13.6. The monoisotopic (exact) mass is 382 g/mol. The van der Waals surface area contributed by atoms with Gasteiger partial charge < -0.3 is 4.90 Å². The van der Waals surface area contributed by atoms with Crippen LogP contribution < -0.4 is 4.90 Å². The van der Waals surface area contributed by atoms with Crippen molar-refractivity contribution in [1.82, 2.24) is 4.90 Å². The maximum atomic E-state index is 13.6. The third kappa shape index (κ3) is 2.92. The molecule has 3 aromatic carbocycles. The zero-order valence-corrected chi connectivity index (χ0v) is 16.2. The number of benzene rings is 3. The van der Waals surface area contributed by atoms with Gasteiger partial charge >= 0.3 is 0 Å². The summed E-state index contributed by atoms with van der Waals surface area (Å²) in [6.45, 7) is 1.63. The molecule has 2 heterocycles. The predicted molar refractivity (Wildman–Crippen MR) is 115 cm³/mol. The molecule has 0 bridgehead atoms. The summed E-state index contributed by atoms with van der Waals surface area (Å²) in [5.74, 6) is -0.453. The van der Waals surface area contributed by atoms with Crippen molar-refractivity contribution >= 4 is 33.8 Å². The summed E-state index contributed by atoms with van der Waals surface area (Å²) < 4.78 is 0. The molecule has 0 aliphatic carbocycles. The molecule has 2 amide bonds. The van der Waals surface area contributed by atoms with Crippen molar-refractivity contribution in [3.05, 3.63) is 84.1 Å². The molecule has 0 aromatic heterocycles. The van der Waals surface area contributed by atoms with Crippen molar-refractivity contribution in [1.29, 1.82) is 0 Å². The molecule has 4 heteroatoms. The highest BCUT2D eigenvalue weighted by Gasteiger charge is 2.43. The van der Waals surface area contributed by atoms with Crippen LogP contribution in [0.2, 0.25) is 0 Å². The van der Waals surface area contributed by atoms with Crippen LogP contribution in [0.1, 0.15) is 24.8 Å². The summed E-state index contributed by atoms with van der Waals surface area (Å²) >= 11 is 0. The van der Waals surface area contributed by atoms with Gasteiger partial charge in [0.05, 0.1) is 11.3 Å². The quantitative estimate of drug-likeness (QED) is 0.621. The number of amides is 2. The number of hydrogen-bond acceptors (Lipinski definition) is 3. The molecule has 1 saturated heterocycles. The molecule has 3 aromatic rings. The second-order valence-corrected chi connectivity index (χ2v) is 7.58. The Morgan fingerprint density at radius 1 is 0.655 bits per heavy atom. The van der Waals surface area contributed by atoms with Crippen molar-refractivity contribution in [2.45, 2.75) is 19.3 Å². The van der Waals surface area contributed by atoms with Crippen LogP contribution >= 0.6 is 0 Å². The number of rotatable bonds is 3. The lowest BCUT2D eigenvalue weighted by molar-refractivity contribution is -0.120. The molecule has 144 valence electrons. The van der Waals surface area contributed by atoms with E-state index >= 15 is 0 Å². The van der Waals surface area contributed by atoms with E-state index in [9.17, 15) is 9.59 Å². The topological polar surface area (TPSA) is 40.6 Å². The molecule has 0 spiro atoms.